The van der Waals surface area contributed by atoms with Crippen LogP contribution < -0.4 is 9.62 Å². The number of rotatable bonds is 7. The van der Waals surface area contributed by atoms with Crippen LogP contribution in [0.2, 0.25) is 0 Å². The van der Waals surface area contributed by atoms with Crippen molar-refractivity contribution in [3.05, 3.63) is 24.3 Å². The number of piperidine rings is 1. The summed E-state index contributed by atoms with van der Waals surface area (Å²) in [6, 6.07) is 8.43. The van der Waals surface area contributed by atoms with E-state index in [0.717, 1.165) is 19.4 Å². The summed E-state index contributed by atoms with van der Waals surface area (Å²) in [5.41, 5.74) is 1.85. The first-order valence-electron chi connectivity index (χ1n) is 8.43. The van der Waals surface area contributed by atoms with E-state index in [0.29, 0.717) is 18.2 Å². The van der Waals surface area contributed by atoms with Crippen LogP contribution in [0.25, 0.3) is 0 Å². The van der Waals surface area contributed by atoms with Gasteiger partial charge in [0.15, 0.2) is 0 Å². The van der Waals surface area contributed by atoms with E-state index in [1.54, 1.807) is 0 Å². The van der Waals surface area contributed by atoms with Gasteiger partial charge in [-0.2, -0.15) is 0 Å². The van der Waals surface area contributed by atoms with E-state index >= 15 is 0 Å². The van der Waals surface area contributed by atoms with Gasteiger partial charge in [-0.05, 0) is 56.4 Å². The van der Waals surface area contributed by atoms with Crippen LogP contribution in [0.4, 0.5) is 11.4 Å². The summed E-state index contributed by atoms with van der Waals surface area (Å²) in [5.74, 6) is 0.190. The van der Waals surface area contributed by atoms with Crippen molar-refractivity contribution in [1.29, 1.82) is 0 Å². The van der Waals surface area contributed by atoms with Gasteiger partial charge in [0.05, 0.1) is 5.75 Å². The first-order valence-corrected chi connectivity index (χ1v) is 10.1. The zero-order valence-corrected chi connectivity index (χ0v) is 14.5. The summed E-state index contributed by atoms with van der Waals surface area (Å²) in [5, 5.41) is 0. The van der Waals surface area contributed by atoms with Crippen molar-refractivity contribution in [2.24, 2.45) is 0 Å². The van der Waals surface area contributed by atoms with Gasteiger partial charge < -0.3 is 4.90 Å². The standard InChI is InChI=1S/C17H28N2O2S/c1-3-5-14-22(20,21)18-15-9-11-17(12-10-15)19-13-7-6-8-16(19)4-2/h9-12,16,18H,3-8,13-14H2,1-2H3. The van der Waals surface area contributed by atoms with Crippen molar-refractivity contribution >= 4 is 21.4 Å². The van der Waals surface area contributed by atoms with Crippen LogP contribution in [0.15, 0.2) is 24.3 Å². The molecule has 0 radical (unpaired) electrons. The van der Waals surface area contributed by atoms with Gasteiger partial charge in [-0.15, -0.1) is 0 Å². The van der Waals surface area contributed by atoms with Crippen molar-refractivity contribution in [3.8, 4) is 0 Å². The Morgan fingerprint density at radius 1 is 1.18 bits per heavy atom. The molecule has 1 aromatic carbocycles. The van der Waals surface area contributed by atoms with E-state index in [4.69, 9.17) is 0 Å². The minimum Gasteiger partial charge on any atom is -0.369 e. The summed E-state index contributed by atoms with van der Waals surface area (Å²) >= 11 is 0. The molecular weight excluding hydrogens is 296 g/mol. The van der Waals surface area contributed by atoms with Crippen LogP contribution in [0.3, 0.4) is 0 Å². The first kappa shape index (κ1) is 17.1. The molecule has 1 N–H and O–H groups in total. The first-order chi connectivity index (χ1) is 10.6. The van der Waals surface area contributed by atoms with Crippen molar-refractivity contribution in [2.75, 3.05) is 21.9 Å². The third kappa shape index (κ3) is 4.63. The monoisotopic (exact) mass is 324 g/mol. The fraction of sp³-hybridized carbons (Fsp3) is 0.647. The van der Waals surface area contributed by atoms with E-state index in [2.05, 4.69) is 16.5 Å². The lowest BCUT2D eigenvalue weighted by molar-refractivity contribution is 0.450. The van der Waals surface area contributed by atoms with Crippen LogP contribution >= 0.6 is 0 Å². The maximum Gasteiger partial charge on any atom is 0.232 e. The summed E-state index contributed by atoms with van der Waals surface area (Å²) < 4.78 is 26.5. The summed E-state index contributed by atoms with van der Waals surface area (Å²) in [7, 11) is -3.21. The van der Waals surface area contributed by atoms with Crippen molar-refractivity contribution < 1.29 is 8.42 Å². The quantitative estimate of drug-likeness (QED) is 0.825. The maximum absolute atomic E-state index is 11.9. The highest BCUT2D eigenvalue weighted by atomic mass is 32.2. The predicted octanol–water partition coefficient (Wildman–Crippen LogP) is 4.00. The summed E-state index contributed by atoms with van der Waals surface area (Å²) in [6.45, 7) is 5.33. The second kappa shape index (κ2) is 7.86. The Morgan fingerprint density at radius 3 is 2.55 bits per heavy atom. The minimum atomic E-state index is -3.21. The fourth-order valence-electron chi connectivity index (χ4n) is 3.05. The van der Waals surface area contributed by atoms with E-state index in [-0.39, 0.29) is 5.75 Å². The van der Waals surface area contributed by atoms with Crippen molar-refractivity contribution in [3.63, 3.8) is 0 Å². The number of unbranched alkanes of at least 4 members (excludes halogenated alkanes) is 1. The molecule has 0 aromatic heterocycles. The number of hydrogen-bond acceptors (Lipinski definition) is 3. The summed E-state index contributed by atoms with van der Waals surface area (Å²) in [6.07, 6.45) is 6.53. The molecule has 0 aliphatic carbocycles. The number of nitrogens with zero attached hydrogens (tertiary/aromatic N) is 1. The predicted molar refractivity (Wildman–Crippen MR) is 94.0 cm³/mol. The van der Waals surface area contributed by atoms with Crippen LogP contribution in [0, 0.1) is 0 Å². The highest BCUT2D eigenvalue weighted by Crippen LogP contribution is 2.27. The van der Waals surface area contributed by atoms with Gasteiger partial charge >= 0.3 is 0 Å². The van der Waals surface area contributed by atoms with Gasteiger partial charge in [-0.1, -0.05) is 20.3 Å². The molecule has 1 aromatic rings. The van der Waals surface area contributed by atoms with Crippen LogP contribution in [-0.2, 0) is 10.0 Å². The normalized spacial score (nSPS) is 19.2. The molecule has 5 heteroatoms. The Labute approximate surface area is 135 Å². The zero-order chi connectivity index (χ0) is 16.0. The van der Waals surface area contributed by atoms with Gasteiger partial charge in [0.2, 0.25) is 10.0 Å². The van der Waals surface area contributed by atoms with Gasteiger partial charge in [-0.25, -0.2) is 8.42 Å². The molecule has 1 saturated heterocycles. The lowest BCUT2D eigenvalue weighted by Crippen LogP contribution is -2.39. The number of hydrogen-bond donors (Lipinski definition) is 1. The van der Waals surface area contributed by atoms with Gasteiger partial charge in [0.1, 0.15) is 0 Å². The Bertz CT molecular complexity index is 555. The molecule has 0 spiro atoms. The fourth-order valence-corrected chi connectivity index (χ4v) is 4.32. The second-order valence-corrected chi connectivity index (χ2v) is 7.91. The van der Waals surface area contributed by atoms with E-state index in [1.165, 1.54) is 24.9 Å². The highest BCUT2D eigenvalue weighted by Gasteiger charge is 2.21. The SMILES string of the molecule is CCCCS(=O)(=O)Nc1ccc(N2CCCCC2CC)cc1. The van der Waals surface area contributed by atoms with Crippen molar-refractivity contribution in [2.45, 2.75) is 58.4 Å². The molecule has 124 valence electrons. The number of benzene rings is 1. The van der Waals surface area contributed by atoms with Gasteiger partial charge in [0.25, 0.3) is 0 Å². The Balaban J connectivity index is 2.03. The van der Waals surface area contributed by atoms with E-state index < -0.39 is 10.0 Å². The van der Waals surface area contributed by atoms with E-state index in [9.17, 15) is 8.42 Å². The molecule has 4 nitrogen and oxygen atoms in total. The maximum atomic E-state index is 11.9. The Morgan fingerprint density at radius 2 is 1.91 bits per heavy atom. The zero-order valence-electron chi connectivity index (χ0n) is 13.7. The molecule has 1 atom stereocenters. The van der Waals surface area contributed by atoms with Crippen LogP contribution in [-0.4, -0.2) is 26.8 Å². The Kier molecular flexibility index (Phi) is 6.12. The number of anilines is 2. The summed E-state index contributed by atoms with van der Waals surface area (Å²) in [4.78, 5) is 2.46. The molecule has 22 heavy (non-hydrogen) atoms. The molecular formula is C17H28N2O2S. The van der Waals surface area contributed by atoms with Crippen LogP contribution in [0.1, 0.15) is 52.4 Å². The number of sulfonamides is 1. The molecule has 2 rings (SSSR count). The van der Waals surface area contributed by atoms with Crippen molar-refractivity contribution in [1.82, 2.24) is 0 Å². The smallest absolute Gasteiger partial charge is 0.232 e. The molecule has 1 unspecified atom stereocenters. The molecule has 1 aliphatic heterocycles. The molecule has 1 aliphatic rings. The van der Waals surface area contributed by atoms with Gasteiger partial charge in [-0.3, -0.25) is 4.72 Å². The van der Waals surface area contributed by atoms with Gasteiger partial charge in [0, 0.05) is 24.0 Å². The molecule has 0 saturated carbocycles. The average molecular weight is 324 g/mol. The van der Waals surface area contributed by atoms with E-state index in [1.807, 2.05) is 31.2 Å². The molecule has 0 amide bonds. The molecule has 1 fully saturated rings. The van der Waals surface area contributed by atoms with Crippen LogP contribution in [0.5, 0.6) is 0 Å². The minimum absolute atomic E-state index is 0.190. The largest absolute Gasteiger partial charge is 0.369 e. The molecule has 1 heterocycles. The third-order valence-electron chi connectivity index (χ3n) is 4.34. The Hall–Kier alpha value is -1.23. The highest BCUT2D eigenvalue weighted by molar-refractivity contribution is 7.92. The molecule has 0 bridgehead atoms. The lowest BCUT2D eigenvalue weighted by Gasteiger charge is -2.37. The topological polar surface area (TPSA) is 49.4 Å². The third-order valence-corrected chi connectivity index (χ3v) is 5.71. The average Bonchev–Trinajstić information content (AvgIpc) is 2.53. The lowest BCUT2D eigenvalue weighted by atomic mass is 9.99. The number of nitrogens with one attached hydrogen (secondary N) is 1. The second-order valence-electron chi connectivity index (χ2n) is 6.07.